The van der Waals surface area contributed by atoms with Gasteiger partial charge < -0.3 is 9.47 Å². The van der Waals surface area contributed by atoms with Crippen molar-refractivity contribution in [3.8, 4) is 5.75 Å². The highest BCUT2D eigenvalue weighted by Crippen LogP contribution is 2.30. The van der Waals surface area contributed by atoms with Gasteiger partial charge in [-0.05, 0) is 39.5 Å². The van der Waals surface area contributed by atoms with Crippen molar-refractivity contribution >= 4 is 21.8 Å². The van der Waals surface area contributed by atoms with E-state index in [2.05, 4.69) is 41.7 Å². The first kappa shape index (κ1) is 13.4. The van der Waals surface area contributed by atoms with Crippen LogP contribution in [-0.2, 0) is 4.74 Å². The molecular weight excluding hydrogens is 294 g/mol. The Kier molecular flexibility index (Phi) is 3.66. The number of aliphatic imine (C=N–C) groups is 1. The van der Waals surface area contributed by atoms with Crippen LogP contribution in [0.1, 0.15) is 26.3 Å². The van der Waals surface area contributed by atoms with Crippen LogP contribution in [0.15, 0.2) is 27.7 Å². The summed E-state index contributed by atoms with van der Waals surface area (Å²) in [5, 5.41) is 0. The lowest BCUT2D eigenvalue weighted by molar-refractivity contribution is 0.236. The Labute approximate surface area is 116 Å². The smallest absolute Gasteiger partial charge is 0.217 e. The second kappa shape index (κ2) is 4.92. The fourth-order valence-corrected chi connectivity index (χ4v) is 2.18. The summed E-state index contributed by atoms with van der Waals surface area (Å²) in [4.78, 5) is 4.67. The molecule has 0 spiro atoms. The van der Waals surface area contributed by atoms with Crippen LogP contribution in [0.3, 0.4) is 0 Å². The monoisotopic (exact) mass is 311 g/mol. The molecule has 98 valence electrons. The molecule has 3 nitrogen and oxygen atoms in total. The first-order valence-corrected chi connectivity index (χ1v) is 6.75. The molecule has 2 rings (SSSR count). The fourth-order valence-electron chi connectivity index (χ4n) is 1.76. The van der Waals surface area contributed by atoms with Gasteiger partial charge in [0, 0.05) is 4.47 Å². The van der Waals surface area contributed by atoms with Crippen molar-refractivity contribution in [3.05, 3.63) is 28.2 Å². The van der Waals surface area contributed by atoms with Crippen LogP contribution in [0.5, 0.6) is 5.75 Å². The molecule has 0 N–H and O–H groups in total. The van der Waals surface area contributed by atoms with Crippen LogP contribution in [0, 0.1) is 5.41 Å². The van der Waals surface area contributed by atoms with Gasteiger partial charge in [0.05, 0.1) is 18.7 Å². The van der Waals surface area contributed by atoms with E-state index in [0.717, 1.165) is 15.8 Å². The Morgan fingerprint density at radius 3 is 2.67 bits per heavy atom. The average Bonchev–Trinajstić information content (AvgIpc) is 2.78. The highest BCUT2D eigenvalue weighted by molar-refractivity contribution is 9.10. The van der Waals surface area contributed by atoms with Gasteiger partial charge in [0.1, 0.15) is 12.4 Å². The van der Waals surface area contributed by atoms with Gasteiger partial charge in [-0.3, -0.25) is 0 Å². The third-order valence-corrected chi connectivity index (χ3v) is 3.75. The van der Waals surface area contributed by atoms with Crippen molar-refractivity contribution in [1.29, 1.82) is 0 Å². The van der Waals surface area contributed by atoms with Crippen LogP contribution in [0.2, 0.25) is 0 Å². The van der Waals surface area contributed by atoms with Gasteiger partial charge in [-0.2, -0.15) is 0 Å². The van der Waals surface area contributed by atoms with Gasteiger partial charge in [0.15, 0.2) is 0 Å². The third kappa shape index (κ3) is 2.69. The van der Waals surface area contributed by atoms with Crippen molar-refractivity contribution in [2.75, 3.05) is 13.7 Å². The lowest BCUT2D eigenvalue weighted by Gasteiger charge is -2.21. The second-order valence-electron chi connectivity index (χ2n) is 5.47. The SMILES string of the molecule is COc1ccc(Br)c(C2=N[C@H](C(C)(C)C)CO2)c1. The van der Waals surface area contributed by atoms with E-state index in [9.17, 15) is 0 Å². The fraction of sp³-hybridized carbons (Fsp3) is 0.500. The normalized spacial score (nSPS) is 19.4. The predicted molar refractivity (Wildman–Crippen MR) is 76.4 cm³/mol. The number of nitrogens with zero attached hydrogens (tertiary/aromatic N) is 1. The average molecular weight is 312 g/mol. The lowest BCUT2D eigenvalue weighted by Crippen LogP contribution is -2.25. The van der Waals surface area contributed by atoms with Crippen LogP contribution in [-0.4, -0.2) is 25.7 Å². The van der Waals surface area contributed by atoms with E-state index in [4.69, 9.17) is 9.47 Å². The number of ether oxygens (including phenoxy) is 2. The second-order valence-corrected chi connectivity index (χ2v) is 6.33. The molecule has 0 aromatic heterocycles. The van der Waals surface area contributed by atoms with Crippen molar-refractivity contribution in [3.63, 3.8) is 0 Å². The number of halogens is 1. The summed E-state index contributed by atoms with van der Waals surface area (Å²) in [6.07, 6.45) is 0. The molecule has 0 amide bonds. The Morgan fingerprint density at radius 1 is 1.39 bits per heavy atom. The highest BCUT2D eigenvalue weighted by atomic mass is 79.9. The zero-order valence-electron chi connectivity index (χ0n) is 11.2. The molecule has 1 heterocycles. The van der Waals surface area contributed by atoms with E-state index in [0.29, 0.717) is 12.5 Å². The molecule has 0 saturated heterocycles. The molecule has 18 heavy (non-hydrogen) atoms. The summed E-state index contributed by atoms with van der Waals surface area (Å²) in [7, 11) is 1.66. The minimum Gasteiger partial charge on any atom is -0.497 e. The molecule has 4 heteroatoms. The van der Waals surface area contributed by atoms with Crippen molar-refractivity contribution in [2.24, 2.45) is 10.4 Å². The number of hydrogen-bond acceptors (Lipinski definition) is 3. The zero-order chi connectivity index (χ0) is 13.3. The van der Waals surface area contributed by atoms with Crippen LogP contribution < -0.4 is 4.74 Å². The quantitative estimate of drug-likeness (QED) is 0.834. The summed E-state index contributed by atoms with van der Waals surface area (Å²) in [6, 6.07) is 5.99. The minimum atomic E-state index is 0.118. The number of hydrogen-bond donors (Lipinski definition) is 0. The molecule has 1 aliphatic heterocycles. The summed E-state index contributed by atoms with van der Waals surface area (Å²) in [5.41, 5.74) is 1.06. The summed E-state index contributed by atoms with van der Waals surface area (Å²) in [6.45, 7) is 7.17. The van der Waals surface area contributed by atoms with Gasteiger partial charge in [-0.15, -0.1) is 0 Å². The largest absolute Gasteiger partial charge is 0.497 e. The standard InChI is InChI=1S/C14H18BrNO2/c1-14(2,3)12-8-18-13(16-12)10-7-9(17-4)5-6-11(10)15/h5-7,12H,8H2,1-4H3/t12-/m0/s1. The van der Waals surface area contributed by atoms with Gasteiger partial charge in [-0.25, -0.2) is 4.99 Å². The lowest BCUT2D eigenvalue weighted by atomic mass is 9.88. The van der Waals surface area contributed by atoms with E-state index < -0.39 is 0 Å². The Hall–Kier alpha value is -1.03. The Bertz CT molecular complexity index is 477. The van der Waals surface area contributed by atoms with Gasteiger partial charge >= 0.3 is 0 Å². The molecule has 0 unspecified atom stereocenters. The van der Waals surface area contributed by atoms with E-state index in [1.807, 2.05) is 18.2 Å². The van der Waals surface area contributed by atoms with Gasteiger partial charge in [0.25, 0.3) is 0 Å². The van der Waals surface area contributed by atoms with Crippen LogP contribution in [0.25, 0.3) is 0 Å². The number of benzene rings is 1. The summed E-state index contributed by atoms with van der Waals surface area (Å²) >= 11 is 3.52. The molecule has 1 aromatic rings. The van der Waals surface area contributed by atoms with Crippen molar-refractivity contribution in [1.82, 2.24) is 0 Å². The topological polar surface area (TPSA) is 30.8 Å². The predicted octanol–water partition coefficient (Wildman–Crippen LogP) is 3.65. The molecule has 1 aromatic carbocycles. The summed E-state index contributed by atoms with van der Waals surface area (Å²) < 4.78 is 11.9. The van der Waals surface area contributed by atoms with E-state index in [1.165, 1.54) is 0 Å². The molecule has 0 radical (unpaired) electrons. The van der Waals surface area contributed by atoms with Crippen molar-refractivity contribution < 1.29 is 9.47 Å². The highest BCUT2D eigenvalue weighted by Gasteiger charge is 2.31. The van der Waals surface area contributed by atoms with Gasteiger partial charge in [0.2, 0.25) is 5.90 Å². The van der Waals surface area contributed by atoms with Crippen molar-refractivity contribution in [2.45, 2.75) is 26.8 Å². The Balaban J connectivity index is 2.33. The number of methoxy groups -OCH3 is 1. The molecule has 0 saturated carbocycles. The van der Waals surface area contributed by atoms with E-state index in [-0.39, 0.29) is 11.5 Å². The maximum Gasteiger partial charge on any atom is 0.217 e. The third-order valence-electron chi connectivity index (χ3n) is 3.05. The van der Waals surface area contributed by atoms with Crippen LogP contribution in [0.4, 0.5) is 0 Å². The molecule has 0 aliphatic carbocycles. The molecular formula is C14H18BrNO2. The van der Waals surface area contributed by atoms with E-state index >= 15 is 0 Å². The van der Waals surface area contributed by atoms with Crippen LogP contribution >= 0.6 is 15.9 Å². The molecule has 0 fully saturated rings. The maximum atomic E-state index is 5.72. The zero-order valence-corrected chi connectivity index (χ0v) is 12.7. The maximum absolute atomic E-state index is 5.72. The first-order valence-electron chi connectivity index (χ1n) is 5.96. The molecule has 1 atom stereocenters. The van der Waals surface area contributed by atoms with Gasteiger partial charge in [-0.1, -0.05) is 20.8 Å². The number of rotatable bonds is 2. The van der Waals surface area contributed by atoms with E-state index in [1.54, 1.807) is 7.11 Å². The minimum absolute atomic E-state index is 0.118. The summed E-state index contributed by atoms with van der Waals surface area (Å²) in [5.74, 6) is 1.50. The first-order chi connectivity index (χ1) is 8.41. The Morgan fingerprint density at radius 2 is 2.11 bits per heavy atom. The molecule has 0 bridgehead atoms. The molecule has 1 aliphatic rings.